The highest BCUT2D eigenvalue weighted by Crippen LogP contribution is 2.71. The highest BCUT2D eigenvalue weighted by atomic mass is 16.1. The Morgan fingerprint density at radius 1 is 0.946 bits per heavy atom. The summed E-state index contributed by atoms with van der Waals surface area (Å²) < 4.78 is 0. The Balaban J connectivity index is 1.55. The van der Waals surface area contributed by atoms with Crippen LogP contribution in [0.25, 0.3) is 0 Å². The van der Waals surface area contributed by atoms with Gasteiger partial charge in [-0.1, -0.05) is 47.6 Å². The summed E-state index contributed by atoms with van der Waals surface area (Å²) in [6.07, 6.45) is 10.1. The average Bonchev–Trinajstić information content (AvgIpc) is 2.83. The zero-order valence-electron chi connectivity index (χ0n) is 23.7. The number of rotatable bonds is 3. The first-order valence-electron chi connectivity index (χ1n) is 14.5. The number of nitriles is 2. The van der Waals surface area contributed by atoms with E-state index in [9.17, 15) is 14.9 Å². The third-order valence-electron chi connectivity index (χ3n) is 12.5. The van der Waals surface area contributed by atoms with Crippen LogP contribution in [0.1, 0.15) is 92.9 Å². The van der Waals surface area contributed by atoms with Crippen LogP contribution >= 0.6 is 0 Å². The highest BCUT2D eigenvalue weighted by Gasteiger charge is 2.68. The third-order valence-corrected chi connectivity index (χ3v) is 12.5. The van der Waals surface area contributed by atoms with E-state index in [1.807, 2.05) is 19.9 Å². The van der Waals surface area contributed by atoms with Gasteiger partial charge in [-0.05, 0) is 90.3 Å². The lowest BCUT2D eigenvalue weighted by Gasteiger charge is -2.68. The fourth-order valence-corrected chi connectivity index (χ4v) is 10.7. The quantitative estimate of drug-likeness (QED) is 0.376. The summed E-state index contributed by atoms with van der Waals surface area (Å²) in [7, 11) is 0. The monoisotopic (exact) mass is 503 g/mol. The van der Waals surface area contributed by atoms with Crippen molar-refractivity contribution in [3.8, 4) is 12.1 Å². The van der Waals surface area contributed by atoms with Gasteiger partial charge < -0.3 is 5.32 Å². The van der Waals surface area contributed by atoms with Gasteiger partial charge in [0, 0.05) is 24.3 Å². The molecule has 4 fully saturated rings. The van der Waals surface area contributed by atoms with Crippen molar-refractivity contribution in [1.82, 2.24) is 5.32 Å². The molecular weight excluding hydrogens is 458 g/mol. The summed E-state index contributed by atoms with van der Waals surface area (Å²) in [6.45, 7) is 14.7. The molecule has 5 heteroatoms. The maximum atomic E-state index is 14.3. The number of carbonyl (C=O) groups is 2. The van der Waals surface area contributed by atoms with Crippen molar-refractivity contribution in [2.24, 2.45) is 56.7 Å². The number of hydrogen-bond donors (Lipinski definition) is 1. The van der Waals surface area contributed by atoms with Crippen molar-refractivity contribution >= 4 is 11.6 Å². The lowest BCUT2D eigenvalue weighted by Crippen LogP contribution is -2.65. The van der Waals surface area contributed by atoms with Gasteiger partial charge in [0.15, 0.2) is 5.78 Å². The van der Waals surface area contributed by atoms with Gasteiger partial charge in [-0.3, -0.25) is 9.59 Å². The van der Waals surface area contributed by atoms with Gasteiger partial charge in [-0.25, -0.2) is 0 Å². The predicted molar refractivity (Wildman–Crippen MR) is 143 cm³/mol. The van der Waals surface area contributed by atoms with E-state index in [2.05, 4.69) is 45.2 Å². The Bertz CT molecular complexity index is 1120. The van der Waals surface area contributed by atoms with Crippen LogP contribution in [0, 0.1) is 79.3 Å². The molecule has 0 bridgehead atoms. The second kappa shape index (κ2) is 8.51. The molecule has 0 radical (unpaired) electrons. The first-order valence-corrected chi connectivity index (χ1v) is 14.5. The number of Topliss-reactive ketones (excluding diaryl/α,β-unsaturated/α-hetero) is 2. The summed E-state index contributed by atoms with van der Waals surface area (Å²) in [5.41, 5.74) is -0.276. The second-order valence-corrected chi connectivity index (χ2v) is 15.2. The summed E-state index contributed by atoms with van der Waals surface area (Å²) in [5.74, 6) is 1.48. The molecule has 37 heavy (non-hydrogen) atoms. The average molecular weight is 504 g/mol. The standard InChI is InChI=1S/C32H45N3O2/c1-28(2)11-12-32(19-35-14-13-33)10-7-21-26(22(32)17-28)23(36)15-25-30(21,5)9-8-24-29(3,4)27(37)20(18-34)16-31(24,25)6/h16,21-22,24-26,35H,7-12,14-15,17,19H2,1-6H3. The van der Waals surface area contributed by atoms with Gasteiger partial charge in [0.2, 0.25) is 0 Å². The molecule has 5 aliphatic carbocycles. The smallest absolute Gasteiger partial charge is 0.178 e. The van der Waals surface area contributed by atoms with Gasteiger partial charge in [-0.15, -0.1) is 0 Å². The van der Waals surface area contributed by atoms with Crippen molar-refractivity contribution < 1.29 is 9.59 Å². The third kappa shape index (κ3) is 3.71. The van der Waals surface area contributed by atoms with Gasteiger partial charge in [0.05, 0.1) is 18.2 Å². The number of nitrogens with zero attached hydrogens (tertiary/aromatic N) is 2. The molecule has 8 unspecified atom stereocenters. The van der Waals surface area contributed by atoms with E-state index in [-0.39, 0.29) is 45.2 Å². The van der Waals surface area contributed by atoms with E-state index in [0.717, 1.165) is 45.1 Å². The lowest BCUT2D eigenvalue weighted by molar-refractivity contribution is -0.190. The SMILES string of the molecule is CC1(C)CCC2(CNCC#N)CCC3C(C(=O)CC4C5(C)C=C(C#N)C(=O)C(C)(C)C5CCC34C)C2C1. The molecule has 5 nitrogen and oxygen atoms in total. The van der Waals surface area contributed by atoms with Gasteiger partial charge in [-0.2, -0.15) is 10.5 Å². The van der Waals surface area contributed by atoms with Crippen LogP contribution in [-0.4, -0.2) is 24.7 Å². The molecule has 0 spiro atoms. The zero-order valence-corrected chi connectivity index (χ0v) is 23.7. The fraction of sp³-hybridized carbons (Fsp3) is 0.812. The number of hydrogen-bond acceptors (Lipinski definition) is 5. The molecule has 0 aromatic carbocycles. The molecule has 0 aromatic rings. The minimum atomic E-state index is -0.586. The van der Waals surface area contributed by atoms with E-state index < -0.39 is 5.41 Å². The van der Waals surface area contributed by atoms with Crippen LogP contribution in [0.15, 0.2) is 11.6 Å². The summed E-state index contributed by atoms with van der Waals surface area (Å²) >= 11 is 0. The molecule has 1 N–H and O–H groups in total. The Kier molecular flexibility index (Phi) is 6.12. The summed E-state index contributed by atoms with van der Waals surface area (Å²) in [6, 6.07) is 4.46. The number of allylic oxidation sites excluding steroid dienone is 2. The second-order valence-electron chi connectivity index (χ2n) is 15.2. The van der Waals surface area contributed by atoms with Crippen molar-refractivity contribution in [1.29, 1.82) is 10.5 Å². The zero-order chi connectivity index (χ0) is 27.0. The number of ketones is 2. The fourth-order valence-electron chi connectivity index (χ4n) is 10.7. The molecule has 0 saturated heterocycles. The molecule has 5 rings (SSSR count). The van der Waals surface area contributed by atoms with Crippen molar-refractivity contribution in [2.75, 3.05) is 13.1 Å². The van der Waals surface area contributed by atoms with Crippen LogP contribution < -0.4 is 5.32 Å². The van der Waals surface area contributed by atoms with Crippen molar-refractivity contribution in [3.05, 3.63) is 11.6 Å². The Labute approximate surface area is 223 Å². The highest BCUT2D eigenvalue weighted by molar-refractivity contribution is 6.04. The van der Waals surface area contributed by atoms with E-state index in [0.29, 0.717) is 36.2 Å². The molecule has 4 saturated carbocycles. The number of carbonyl (C=O) groups excluding carboxylic acids is 2. The minimum absolute atomic E-state index is 0.0190. The predicted octanol–water partition coefficient (Wildman–Crippen LogP) is 6.01. The molecule has 0 heterocycles. The number of nitrogens with one attached hydrogen (secondary N) is 1. The van der Waals surface area contributed by atoms with Gasteiger partial charge in [0.25, 0.3) is 0 Å². The summed E-state index contributed by atoms with van der Waals surface area (Å²) in [5, 5.41) is 22.4. The first kappa shape index (κ1) is 26.6. The molecule has 0 amide bonds. The van der Waals surface area contributed by atoms with Gasteiger partial charge in [0.1, 0.15) is 11.9 Å². The van der Waals surface area contributed by atoms with E-state index in [1.165, 1.54) is 6.42 Å². The molecule has 8 atom stereocenters. The normalized spacial score (nSPS) is 45.7. The number of fused-ring (bicyclic) bond motifs is 7. The maximum Gasteiger partial charge on any atom is 0.178 e. The Morgan fingerprint density at radius 3 is 2.35 bits per heavy atom. The molecule has 200 valence electrons. The van der Waals surface area contributed by atoms with Crippen molar-refractivity contribution in [2.45, 2.75) is 92.9 Å². The Hall–Kier alpha value is -1.98. The molecule has 5 aliphatic rings. The Morgan fingerprint density at radius 2 is 1.68 bits per heavy atom. The van der Waals surface area contributed by atoms with Crippen LogP contribution in [0.2, 0.25) is 0 Å². The van der Waals surface area contributed by atoms with E-state index >= 15 is 0 Å². The molecule has 0 aliphatic heterocycles. The van der Waals surface area contributed by atoms with E-state index in [1.54, 1.807) is 0 Å². The van der Waals surface area contributed by atoms with Crippen LogP contribution in [0.3, 0.4) is 0 Å². The minimum Gasteiger partial charge on any atom is -0.304 e. The summed E-state index contributed by atoms with van der Waals surface area (Å²) in [4.78, 5) is 27.5. The maximum absolute atomic E-state index is 14.3. The largest absolute Gasteiger partial charge is 0.304 e. The van der Waals surface area contributed by atoms with Crippen LogP contribution in [0.5, 0.6) is 0 Å². The van der Waals surface area contributed by atoms with E-state index in [4.69, 9.17) is 5.26 Å². The first-order chi connectivity index (χ1) is 17.3. The van der Waals surface area contributed by atoms with Crippen LogP contribution in [-0.2, 0) is 9.59 Å². The van der Waals surface area contributed by atoms with Gasteiger partial charge >= 0.3 is 0 Å². The van der Waals surface area contributed by atoms with Crippen LogP contribution in [0.4, 0.5) is 0 Å². The topological polar surface area (TPSA) is 93.8 Å². The van der Waals surface area contributed by atoms with Crippen molar-refractivity contribution in [3.63, 3.8) is 0 Å². The molecular formula is C32H45N3O2. The molecule has 0 aromatic heterocycles. The lowest BCUT2D eigenvalue weighted by atomic mass is 9.35.